The van der Waals surface area contributed by atoms with Gasteiger partial charge >= 0.3 is 5.97 Å². The third kappa shape index (κ3) is 2.30. The van der Waals surface area contributed by atoms with Crippen molar-refractivity contribution in [2.75, 3.05) is 13.2 Å². The zero-order valence-electron chi connectivity index (χ0n) is 9.84. The summed E-state index contributed by atoms with van der Waals surface area (Å²) in [5.74, 6) is -1.06. The van der Waals surface area contributed by atoms with Gasteiger partial charge in [-0.1, -0.05) is 0 Å². The first-order valence-electron chi connectivity index (χ1n) is 5.46. The summed E-state index contributed by atoms with van der Waals surface area (Å²) in [6, 6.07) is 0. The quantitative estimate of drug-likeness (QED) is 0.768. The molecule has 2 N–H and O–H groups in total. The summed E-state index contributed by atoms with van der Waals surface area (Å²) in [5.41, 5.74) is -1.12. The maximum absolute atomic E-state index is 11.9. The number of rotatable bonds is 3. The molecule has 0 saturated carbocycles. The fourth-order valence-corrected chi connectivity index (χ4v) is 1.69. The van der Waals surface area contributed by atoms with Crippen LogP contribution in [0, 0.1) is 6.92 Å². The Hall–Kier alpha value is -2.02. The molecular formula is C11H13N3O4. The van der Waals surface area contributed by atoms with Crippen LogP contribution >= 0.6 is 0 Å². The van der Waals surface area contributed by atoms with E-state index in [4.69, 9.17) is 4.74 Å². The highest BCUT2D eigenvalue weighted by Crippen LogP contribution is 2.19. The Kier molecular flexibility index (Phi) is 3.24. The van der Waals surface area contributed by atoms with Gasteiger partial charge in [-0.3, -0.25) is 4.79 Å². The van der Waals surface area contributed by atoms with E-state index in [0.29, 0.717) is 12.4 Å². The Balaban J connectivity index is 2.15. The molecule has 1 aliphatic heterocycles. The number of carboxylic acid groups (broad SMARTS) is 1. The number of aryl methyl sites for hydroxylation is 1. The molecule has 96 valence electrons. The molecule has 0 aromatic carbocycles. The molecule has 7 nitrogen and oxygen atoms in total. The van der Waals surface area contributed by atoms with Crippen LogP contribution in [0.5, 0.6) is 0 Å². The molecule has 1 unspecified atom stereocenters. The number of aromatic nitrogens is 2. The number of ether oxygens (including phenoxy) is 1. The summed E-state index contributed by atoms with van der Waals surface area (Å²) >= 11 is 0. The topological polar surface area (TPSA) is 101 Å². The van der Waals surface area contributed by atoms with E-state index >= 15 is 0 Å². The second kappa shape index (κ2) is 4.69. The normalized spacial score (nSPS) is 22.7. The number of nitrogens with one attached hydrogen (secondary N) is 1. The lowest BCUT2D eigenvalue weighted by molar-refractivity contribution is -0.144. The predicted octanol–water partition coefficient (Wildman–Crippen LogP) is -0.241. The lowest BCUT2D eigenvalue weighted by Gasteiger charge is -2.23. The van der Waals surface area contributed by atoms with Gasteiger partial charge in [0.05, 0.1) is 12.2 Å². The molecule has 2 rings (SSSR count). The standard InChI is InChI=1S/C11H13N3O4/c1-7-12-4-8(5-13-7)9(15)14-11(10(16)17)2-3-18-6-11/h4-5H,2-3,6H2,1H3,(H,14,15)(H,16,17). The molecule has 0 aliphatic carbocycles. The molecule has 0 radical (unpaired) electrons. The van der Waals surface area contributed by atoms with Gasteiger partial charge in [0.15, 0.2) is 5.54 Å². The minimum atomic E-state index is -1.35. The van der Waals surface area contributed by atoms with Crippen LogP contribution in [-0.4, -0.2) is 45.7 Å². The maximum atomic E-state index is 11.9. The van der Waals surface area contributed by atoms with Crippen molar-refractivity contribution < 1.29 is 19.4 Å². The van der Waals surface area contributed by atoms with E-state index in [9.17, 15) is 14.7 Å². The molecule has 1 aliphatic rings. The monoisotopic (exact) mass is 251 g/mol. The van der Waals surface area contributed by atoms with E-state index < -0.39 is 17.4 Å². The minimum absolute atomic E-state index is 0.0270. The van der Waals surface area contributed by atoms with Crippen molar-refractivity contribution in [3.8, 4) is 0 Å². The molecule has 2 heterocycles. The summed E-state index contributed by atoms with van der Waals surface area (Å²) in [6.45, 7) is 1.99. The molecule has 1 aromatic heterocycles. The fourth-order valence-electron chi connectivity index (χ4n) is 1.69. The van der Waals surface area contributed by atoms with Crippen LogP contribution < -0.4 is 5.32 Å². The SMILES string of the molecule is Cc1ncc(C(=O)NC2(C(=O)O)CCOC2)cn1. The minimum Gasteiger partial charge on any atom is -0.479 e. The second-order valence-corrected chi connectivity index (χ2v) is 4.16. The molecule has 0 spiro atoms. The van der Waals surface area contributed by atoms with Gasteiger partial charge in [-0.05, 0) is 6.92 Å². The number of nitrogens with zero attached hydrogens (tertiary/aromatic N) is 2. The van der Waals surface area contributed by atoms with Crippen LogP contribution in [0.3, 0.4) is 0 Å². The van der Waals surface area contributed by atoms with Crippen LogP contribution in [-0.2, 0) is 9.53 Å². The van der Waals surface area contributed by atoms with Crippen molar-refractivity contribution in [3.05, 3.63) is 23.8 Å². The first-order valence-corrected chi connectivity index (χ1v) is 5.46. The van der Waals surface area contributed by atoms with Crippen LogP contribution in [0.25, 0.3) is 0 Å². The number of carbonyl (C=O) groups is 2. The van der Waals surface area contributed by atoms with Crippen molar-refractivity contribution in [1.29, 1.82) is 0 Å². The molecule has 1 fully saturated rings. The van der Waals surface area contributed by atoms with E-state index in [-0.39, 0.29) is 18.6 Å². The van der Waals surface area contributed by atoms with Gasteiger partial charge in [0.2, 0.25) is 0 Å². The lowest BCUT2D eigenvalue weighted by atomic mass is 9.98. The van der Waals surface area contributed by atoms with Crippen molar-refractivity contribution in [3.63, 3.8) is 0 Å². The van der Waals surface area contributed by atoms with Gasteiger partial charge in [0, 0.05) is 25.4 Å². The number of aliphatic carboxylic acids is 1. The van der Waals surface area contributed by atoms with E-state index in [1.807, 2.05) is 0 Å². The predicted molar refractivity (Wildman–Crippen MR) is 60.0 cm³/mol. The van der Waals surface area contributed by atoms with Crippen LogP contribution in [0.2, 0.25) is 0 Å². The van der Waals surface area contributed by atoms with Gasteiger partial charge in [-0.15, -0.1) is 0 Å². The van der Waals surface area contributed by atoms with Crippen molar-refractivity contribution in [2.45, 2.75) is 18.9 Å². The number of amides is 1. The summed E-state index contributed by atoms with van der Waals surface area (Å²) in [6.07, 6.45) is 2.98. The van der Waals surface area contributed by atoms with Crippen molar-refractivity contribution in [1.82, 2.24) is 15.3 Å². The fraction of sp³-hybridized carbons (Fsp3) is 0.455. The number of carbonyl (C=O) groups excluding carboxylic acids is 1. The molecule has 1 atom stereocenters. The smallest absolute Gasteiger partial charge is 0.331 e. The molecular weight excluding hydrogens is 238 g/mol. The van der Waals surface area contributed by atoms with Crippen LogP contribution in [0.15, 0.2) is 12.4 Å². The Bertz CT molecular complexity index is 466. The number of hydrogen-bond acceptors (Lipinski definition) is 5. The van der Waals surface area contributed by atoms with Gasteiger partial charge in [0.1, 0.15) is 5.82 Å². The van der Waals surface area contributed by atoms with Crippen molar-refractivity contribution >= 4 is 11.9 Å². The van der Waals surface area contributed by atoms with Gasteiger partial charge in [-0.25, -0.2) is 14.8 Å². The number of hydrogen-bond donors (Lipinski definition) is 2. The molecule has 1 aromatic rings. The Morgan fingerprint density at radius 3 is 2.61 bits per heavy atom. The highest BCUT2D eigenvalue weighted by atomic mass is 16.5. The third-order valence-corrected chi connectivity index (χ3v) is 2.83. The summed E-state index contributed by atoms with van der Waals surface area (Å²) in [4.78, 5) is 30.9. The third-order valence-electron chi connectivity index (χ3n) is 2.83. The average Bonchev–Trinajstić information content (AvgIpc) is 2.79. The van der Waals surface area contributed by atoms with Crippen molar-refractivity contribution in [2.24, 2.45) is 0 Å². The highest BCUT2D eigenvalue weighted by Gasteiger charge is 2.44. The van der Waals surface area contributed by atoms with E-state index in [0.717, 1.165) is 0 Å². The Labute approximate surface area is 103 Å². The maximum Gasteiger partial charge on any atom is 0.331 e. The van der Waals surface area contributed by atoms with E-state index in [2.05, 4.69) is 15.3 Å². The van der Waals surface area contributed by atoms with Gasteiger partial charge in [-0.2, -0.15) is 0 Å². The summed E-state index contributed by atoms with van der Waals surface area (Å²) in [7, 11) is 0. The Morgan fingerprint density at radius 2 is 2.11 bits per heavy atom. The molecule has 1 amide bonds. The van der Waals surface area contributed by atoms with Gasteiger partial charge < -0.3 is 15.2 Å². The zero-order chi connectivity index (χ0) is 13.2. The van der Waals surface area contributed by atoms with E-state index in [1.165, 1.54) is 12.4 Å². The largest absolute Gasteiger partial charge is 0.479 e. The second-order valence-electron chi connectivity index (χ2n) is 4.16. The van der Waals surface area contributed by atoms with E-state index in [1.54, 1.807) is 6.92 Å². The molecule has 18 heavy (non-hydrogen) atoms. The molecule has 7 heteroatoms. The average molecular weight is 251 g/mol. The lowest BCUT2D eigenvalue weighted by Crippen LogP contribution is -2.55. The van der Waals surface area contributed by atoms with Crippen LogP contribution in [0.4, 0.5) is 0 Å². The summed E-state index contributed by atoms with van der Waals surface area (Å²) < 4.78 is 5.05. The molecule has 0 bridgehead atoms. The first-order chi connectivity index (χ1) is 8.53. The Morgan fingerprint density at radius 1 is 1.44 bits per heavy atom. The highest BCUT2D eigenvalue weighted by molar-refractivity contribution is 5.97. The zero-order valence-corrected chi connectivity index (χ0v) is 9.84. The van der Waals surface area contributed by atoms with Gasteiger partial charge in [0.25, 0.3) is 5.91 Å². The molecule has 1 saturated heterocycles. The first kappa shape index (κ1) is 12.4. The summed E-state index contributed by atoms with van der Waals surface area (Å²) in [5, 5.41) is 11.7. The number of carboxylic acids is 1. The van der Waals surface area contributed by atoms with Crippen LogP contribution in [0.1, 0.15) is 22.6 Å².